The van der Waals surface area contributed by atoms with Crippen molar-refractivity contribution in [1.82, 2.24) is 25.8 Å². The van der Waals surface area contributed by atoms with Gasteiger partial charge in [-0.2, -0.15) is 5.26 Å². The van der Waals surface area contributed by atoms with E-state index in [-0.39, 0.29) is 42.3 Å². The third-order valence-corrected chi connectivity index (χ3v) is 11.7. The van der Waals surface area contributed by atoms with Crippen LogP contribution in [-0.2, 0) is 20.7 Å². The number of hydrogen-bond donors (Lipinski definition) is 3. The summed E-state index contributed by atoms with van der Waals surface area (Å²) in [5.74, 6) is 0.495. The molecule has 1 aromatic rings. The first-order valence-corrected chi connectivity index (χ1v) is 16.8. The van der Waals surface area contributed by atoms with Gasteiger partial charge in [0.15, 0.2) is 12.1 Å². The Morgan fingerprint density at radius 3 is 2.98 bits per heavy atom. The fourth-order valence-corrected chi connectivity index (χ4v) is 9.08. The molecule has 0 bridgehead atoms. The number of amides is 1. The van der Waals surface area contributed by atoms with E-state index >= 15 is 0 Å². The molecule has 3 N–H and O–H groups in total. The number of Topliss-reactive ketones (excluding diaryl/α,β-unsaturated/α-hetero) is 1. The van der Waals surface area contributed by atoms with Gasteiger partial charge in [0.2, 0.25) is 5.91 Å². The number of aryl methyl sites for hydroxylation is 1. The van der Waals surface area contributed by atoms with Crippen LogP contribution in [0.15, 0.2) is 35.7 Å². The van der Waals surface area contributed by atoms with Crippen LogP contribution in [0.4, 0.5) is 0 Å². The number of carbonyl (C=O) groups is 2. The number of ether oxygens (including phenoxy) is 1. The highest BCUT2D eigenvalue weighted by Crippen LogP contribution is 2.53. The molecule has 3 heterocycles. The summed E-state index contributed by atoms with van der Waals surface area (Å²) in [7, 11) is 1.97. The topological polar surface area (TPSA) is 110 Å². The van der Waals surface area contributed by atoms with Gasteiger partial charge in [0, 0.05) is 30.4 Å². The summed E-state index contributed by atoms with van der Waals surface area (Å²) in [5.41, 5.74) is 1.22. The zero-order valence-electron chi connectivity index (χ0n) is 25.3. The monoisotopic (exact) mass is 628 g/mol. The Morgan fingerprint density at radius 1 is 1.37 bits per heavy atom. The van der Waals surface area contributed by atoms with Gasteiger partial charge >= 0.3 is 0 Å². The molecule has 0 radical (unpaired) electrons. The number of benzene rings is 1. The molecule has 1 aliphatic carbocycles. The molecule has 9 nitrogen and oxygen atoms in total. The van der Waals surface area contributed by atoms with Gasteiger partial charge in [-0.25, -0.2) is 0 Å². The Labute approximate surface area is 265 Å². The smallest absolute Gasteiger partial charge is 0.246 e. The van der Waals surface area contributed by atoms with E-state index in [1.165, 1.54) is 11.6 Å². The molecule has 3 aliphatic heterocycles. The largest absolute Gasteiger partial charge is 0.350 e. The summed E-state index contributed by atoms with van der Waals surface area (Å²) in [6, 6.07) is 7.68. The Balaban J connectivity index is 1.37. The Kier molecular flexibility index (Phi) is 10.9. The second kappa shape index (κ2) is 14.4. The van der Waals surface area contributed by atoms with Crippen molar-refractivity contribution in [3.8, 4) is 6.07 Å². The highest BCUT2D eigenvalue weighted by atomic mass is 35.5. The summed E-state index contributed by atoms with van der Waals surface area (Å²) in [6.07, 6.45) is 6.40. The van der Waals surface area contributed by atoms with E-state index in [4.69, 9.17) is 16.3 Å². The molecule has 1 aromatic carbocycles. The fourth-order valence-electron chi connectivity index (χ4n) is 7.26. The molecule has 2 saturated heterocycles. The maximum absolute atomic E-state index is 14.5. The number of thioether (sulfide) groups is 1. The number of hydrogen-bond acceptors (Lipinski definition) is 9. The summed E-state index contributed by atoms with van der Waals surface area (Å²) in [4.78, 5) is 32.2. The van der Waals surface area contributed by atoms with Crippen molar-refractivity contribution < 1.29 is 14.3 Å². The number of nitriles is 1. The van der Waals surface area contributed by atoms with Crippen LogP contribution in [0, 0.1) is 23.2 Å². The number of nitrogens with one attached hydrogen (secondary N) is 3. The molecular weight excluding hydrogens is 584 g/mol. The SMILES string of the molecule is C=CC(=O)N1CCN(C2NC(OCC(C)CCCNC)NC3C(=O)[C@@]4(CCc5cccc(Cl)c5S4)CCC32)CC1CC#N. The van der Waals surface area contributed by atoms with Crippen LogP contribution in [0.1, 0.15) is 51.0 Å². The van der Waals surface area contributed by atoms with Crippen molar-refractivity contribution >= 4 is 35.1 Å². The fraction of sp³-hybridized carbons (Fsp3) is 0.656. The van der Waals surface area contributed by atoms with E-state index < -0.39 is 11.1 Å². The zero-order valence-corrected chi connectivity index (χ0v) is 26.9. The third-order valence-electron chi connectivity index (χ3n) is 9.61. The van der Waals surface area contributed by atoms with Gasteiger partial charge in [0.1, 0.15) is 0 Å². The molecule has 4 aliphatic rings. The average Bonchev–Trinajstić information content (AvgIpc) is 3.02. The number of ketones is 1. The van der Waals surface area contributed by atoms with Gasteiger partial charge in [-0.3, -0.25) is 25.1 Å². The van der Waals surface area contributed by atoms with Crippen LogP contribution in [0.2, 0.25) is 5.02 Å². The molecule has 1 spiro atoms. The first-order chi connectivity index (χ1) is 20.8. The second-order valence-electron chi connectivity index (χ2n) is 12.5. The predicted molar refractivity (Wildman–Crippen MR) is 170 cm³/mol. The first kappa shape index (κ1) is 32.4. The van der Waals surface area contributed by atoms with Gasteiger partial charge in [0.25, 0.3) is 0 Å². The lowest BCUT2D eigenvalue weighted by Crippen LogP contribution is -2.75. The molecule has 3 fully saturated rings. The van der Waals surface area contributed by atoms with E-state index in [0.29, 0.717) is 32.2 Å². The van der Waals surface area contributed by atoms with E-state index in [2.05, 4.69) is 46.5 Å². The molecule has 5 rings (SSSR count). The summed E-state index contributed by atoms with van der Waals surface area (Å²) in [6.45, 7) is 9.11. The third kappa shape index (κ3) is 6.99. The Bertz CT molecular complexity index is 1230. The van der Waals surface area contributed by atoms with Crippen LogP contribution in [0.5, 0.6) is 0 Å². The number of carbonyl (C=O) groups excluding carboxylic acids is 2. The average molecular weight is 629 g/mol. The van der Waals surface area contributed by atoms with Crippen LogP contribution >= 0.6 is 23.4 Å². The zero-order chi connectivity index (χ0) is 30.6. The van der Waals surface area contributed by atoms with Crippen molar-refractivity contribution in [2.24, 2.45) is 11.8 Å². The Hall–Kier alpha value is -1.97. The highest BCUT2D eigenvalue weighted by molar-refractivity contribution is 8.01. The summed E-state index contributed by atoms with van der Waals surface area (Å²) in [5, 5.41) is 20.7. The maximum Gasteiger partial charge on any atom is 0.246 e. The number of piperazine rings is 1. The molecule has 7 atom stereocenters. The minimum absolute atomic E-state index is 0.0312. The molecule has 0 aromatic heterocycles. The van der Waals surface area contributed by atoms with Gasteiger partial charge < -0.3 is 15.0 Å². The van der Waals surface area contributed by atoms with Gasteiger partial charge in [-0.1, -0.05) is 37.2 Å². The lowest BCUT2D eigenvalue weighted by molar-refractivity contribution is -0.145. The number of fused-ring (bicyclic) bond motifs is 2. The first-order valence-electron chi connectivity index (χ1n) is 15.6. The standard InChI is InChI=1S/C32H45ClN6O3S/c1-4-26(40)39-18-17-38(19-23(39)12-15-34)30-24-11-14-32(13-10-22-8-5-9-25(33)28(22)43-32)29(41)27(24)36-31(37-30)42-20-21(2)7-6-16-35-3/h4-5,8-9,21,23-24,27,30-31,35-37H,1,6-7,10-14,16-20H2,2-3H3/t21?,23?,24?,27?,30?,31?,32-/m1/s1. The van der Waals surface area contributed by atoms with Crippen LogP contribution in [0.25, 0.3) is 0 Å². The van der Waals surface area contributed by atoms with E-state index in [1.807, 2.05) is 19.2 Å². The normalized spacial score (nSPS) is 31.6. The molecule has 234 valence electrons. The Morgan fingerprint density at radius 2 is 2.21 bits per heavy atom. The molecular formula is C32H45ClN6O3S. The lowest BCUT2D eigenvalue weighted by atomic mass is 9.72. The predicted octanol–water partition coefficient (Wildman–Crippen LogP) is 3.53. The van der Waals surface area contributed by atoms with Crippen molar-refractivity contribution in [1.29, 1.82) is 5.26 Å². The second-order valence-corrected chi connectivity index (χ2v) is 14.3. The lowest BCUT2D eigenvalue weighted by Gasteiger charge is -2.55. The number of nitrogens with zero attached hydrogens (tertiary/aromatic N) is 3. The van der Waals surface area contributed by atoms with E-state index in [9.17, 15) is 14.9 Å². The van der Waals surface area contributed by atoms with Crippen molar-refractivity contribution in [2.45, 2.75) is 86.1 Å². The summed E-state index contributed by atoms with van der Waals surface area (Å²) < 4.78 is 5.90. The van der Waals surface area contributed by atoms with E-state index in [0.717, 1.165) is 55.0 Å². The molecule has 43 heavy (non-hydrogen) atoms. The van der Waals surface area contributed by atoms with Gasteiger partial charge in [-0.15, -0.1) is 11.8 Å². The number of rotatable bonds is 10. The molecule has 11 heteroatoms. The molecule has 6 unspecified atom stereocenters. The molecule has 1 saturated carbocycles. The van der Waals surface area contributed by atoms with Crippen LogP contribution in [0.3, 0.4) is 0 Å². The van der Waals surface area contributed by atoms with Crippen LogP contribution < -0.4 is 16.0 Å². The minimum Gasteiger partial charge on any atom is -0.350 e. The maximum atomic E-state index is 14.5. The molecule has 1 amide bonds. The van der Waals surface area contributed by atoms with Crippen LogP contribution in [-0.4, -0.2) is 90.7 Å². The van der Waals surface area contributed by atoms with Crippen molar-refractivity contribution in [2.75, 3.05) is 39.8 Å². The van der Waals surface area contributed by atoms with Crippen molar-refractivity contribution in [3.05, 3.63) is 41.4 Å². The minimum atomic E-state index is -0.516. The quantitative estimate of drug-likeness (QED) is 0.265. The van der Waals surface area contributed by atoms with Gasteiger partial charge in [0.05, 0.1) is 47.1 Å². The highest BCUT2D eigenvalue weighted by Gasteiger charge is 2.55. The summed E-state index contributed by atoms with van der Waals surface area (Å²) >= 11 is 8.29. The van der Waals surface area contributed by atoms with E-state index in [1.54, 1.807) is 16.7 Å². The van der Waals surface area contributed by atoms with Gasteiger partial charge in [-0.05, 0) is 75.7 Å². The van der Waals surface area contributed by atoms with Crippen molar-refractivity contribution in [3.63, 3.8) is 0 Å². The number of halogens is 1.